The fraction of sp³-hybridized carbons (Fsp3) is 0.632. The molecule has 1 saturated carbocycles. The number of anilines is 1. The molecule has 1 aliphatic carbocycles. The zero-order valence-electron chi connectivity index (χ0n) is 15.5. The summed E-state index contributed by atoms with van der Waals surface area (Å²) < 4.78 is 5.22. The molecule has 6 nitrogen and oxygen atoms in total. The lowest BCUT2D eigenvalue weighted by atomic mass is 10.1. The zero-order chi connectivity index (χ0) is 17.4. The first-order valence-electron chi connectivity index (χ1n) is 9.29. The molecule has 0 radical (unpaired) electrons. The fourth-order valence-electron chi connectivity index (χ4n) is 3.54. The van der Waals surface area contributed by atoms with E-state index in [9.17, 15) is 0 Å². The van der Waals surface area contributed by atoms with Gasteiger partial charge in [0.15, 0.2) is 0 Å². The molecule has 2 aromatic heterocycles. The highest BCUT2D eigenvalue weighted by molar-refractivity contribution is 5.50. The number of rotatable bonds is 5. The lowest BCUT2D eigenvalue weighted by molar-refractivity contribution is 0.352. The van der Waals surface area contributed by atoms with Crippen LogP contribution in [0.15, 0.2) is 10.6 Å². The van der Waals surface area contributed by atoms with Crippen LogP contribution in [-0.2, 0) is 25.8 Å². The van der Waals surface area contributed by atoms with E-state index in [-0.39, 0.29) is 0 Å². The molecular formula is C19H27N5O. The molecule has 0 atom stereocenters. The summed E-state index contributed by atoms with van der Waals surface area (Å²) in [5, 5.41) is 4.14. The molecule has 0 N–H and O–H groups in total. The van der Waals surface area contributed by atoms with Gasteiger partial charge in [0.25, 0.3) is 0 Å². The van der Waals surface area contributed by atoms with Gasteiger partial charge in [0.1, 0.15) is 23.1 Å². The van der Waals surface area contributed by atoms with Crippen molar-refractivity contribution in [3.8, 4) is 0 Å². The summed E-state index contributed by atoms with van der Waals surface area (Å²) in [5.74, 6) is 3.74. The molecule has 0 amide bonds. The molecule has 1 aliphatic heterocycles. The molecule has 0 bridgehead atoms. The number of aryl methyl sites for hydroxylation is 1. The Hall–Kier alpha value is -1.95. The Labute approximate surface area is 149 Å². The first-order valence-corrected chi connectivity index (χ1v) is 9.29. The van der Waals surface area contributed by atoms with Gasteiger partial charge in [-0.1, -0.05) is 5.16 Å². The lowest BCUT2D eigenvalue weighted by Crippen LogP contribution is -2.23. The van der Waals surface area contributed by atoms with E-state index in [0.29, 0.717) is 6.54 Å². The van der Waals surface area contributed by atoms with E-state index in [1.54, 1.807) is 0 Å². The second-order valence-electron chi connectivity index (χ2n) is 7.62. The normalized spacial score (nSPS) is 18.0. The Bertz CT molecular complexity index is 752. The molecule has 1 fully saturated rings. The van der Waals surface area contributed by atoms with E-state index in [0.717, 1.165) is 61.4 Å². The fourth-order valence-corrected chi connectivity index (χ4v) is 3.54. The smallest absolute Gasteiger partial charge is 0.135 e. The third-order valence-electron chi connectivity index (χ3n) is 5.20. The van der Waals surface area contributed by atoms with E-state index in [4.69, 9.17) is 14.5 Å². The van der Waals surface area contributed by atoms with Gasteiger partial charge in [-0.3, -0.25) is 0 Å². The summed E-state index contributed by atoms with van der Waals surface area (Å²) >= 11 is 0. The van der Waals surface area contributed by atoms with Crippen LogP contribution < -0.4 is 4.90 Å². The van der Waals surface area contributed by atoms with Gasteiger partial charge in [-0.25, -0.2) is 9.97 Å². The van der Waals surface area contributed by atoms with E-state index in [1.165, 1.54) is 24.1 Å². The molecule has 6 heteroatoms. The standard InChI is InChI=1S/C19H27N5O/c1-13-10-15(22-25-13)12-24(3)19-16-6-8-23(2)9-7-17(16)20-18(21-19)11-14-4-5-14/h10,14H,4-9,11-12H2,1-3H3. The highest BCUT2D eigenvalue weighted by atomic mass is 16.5. The van der Waals surface area contributed by atoms with Crippen LogP contribution in [0.4, 0.5) is 5.82 Å². The van der Waals surface area contributed by atoms with Gasteiger partial charge in [-0.2, -0.15) is 0 Å². The van der Waals surface area contributed by atoms with Crippen molar-refractivity contribution in [1.82, 2.24) is 20.0 Å². The lowest BCUT2D eigenvalue weighted by Gasteiger charge is -2.22. The van der Waals surface area contributed by atoms with E-state index in [2.05, 4.69) is 29.1 Å². The van der Waals surface area contributed by atoms with Crippen LogP contribution in [0.2, 0.25) is 0 Å². The molecule has 0 aromatic carbocycles. The zero-order valence-corrected chi connectivity index (χ0v) is 15.5. The van der Waals surface area contributed by atoms with Crippen molar-refractivity contribution in [2.75, 3.05) is 32.1 Å². The van der Waals surface area contributed by atoms with Crippen LogP contribution in [0.25, 0.3) is 0 Å². The van der Waals surface area contributed by atoms with Gasteiger partial charge in [-0.15, -0.1) is 0 Å². The van der Waals surface area contributed by atoms with Crippen molar-refractivity contribution in [1.29, 1.82) is 0 Å². The van der Waals surface area contributed by atoms with Gasteiger partial charge in [0.05, 0.1) is 12.2 Å². The van der Waals surface area contributed by atoms with Crippen molar-refractivity contribution >= 4 is 5.82 Å². The third-order valence-corrected chi connectivity index (χ3v) is 5.20. The number of hydrogen-bond donors (Lipinski definition) is 0. The Morgan fingerprint density at radius 3 is 2.76 bits per heavy atom. The molecule has 0 unspecified atom stereocenters. The topological polar surface area (TPSA) is 58.3 Å². The molecule has 2 aliphatic rings. The first kappa shape index (κ1) is 16.5. The van der Waals surface area contributed by atoms with Crippen molar-refractivity contribution < 1.29 is 4.52 Å². The summed E-state index contributed by atoms with van der Waals surface area (Å²) in [6, 6.07) is 2.00. The number of fused-ring (bicyclic) bond motifs is 1. The van der Waals surface area contributed by atoms with Crippen LogP contribution in [0.1, 0.15) is 41.4 Å². The summed E-state index contributed by atoms with van der Waals surface area (Å²) in [4.78, 5) is 14.5. The molecule has 3 heterocycles. The van der Waals surface area contributed by atoms with Gasteiger partial charge >= 0.3 is 0 Å². The Kier molecular flexibility index (Phi) is 4.46. The first-order chi connectivity index (χ1) is 12.1. The number of nitrogens with zero attached hydrogens (tertiary/aromatic N) is 5. The molecule has 0 spiro atoms. The second kappa shape index (κ2) is 6.75. The summed E-state index contributed by atoms with van der Waals surface area (Å²) in [7, 11) is 4.29. The van der Waals surface area contributed by atoms with E-state index >= 15 is 0 Å². The minimum atomic E-state index is 0.708. The van der Waals surface area contributed by atoms with E-state index in [1.807, 2.05) is 13.0 Å². The molecule has 2 aromatic rings. The molecular weight excluding hydrogens is 314 g/mol. The quantitative estimate of drug-likeness (QED) is 0.832. The van der Waals surface area contributed by atoms with Crippen molar-refractivity contribution in [3.05, 3.63) is 34.6 Å². The van der Waals surface area contributed by atoms with Gasteiger partial charge < -0.3 is 14.3 Å². The number of hydrogen-bond acceptors (Lipinski definition) is 6. The number of likely N-dealkylation sites (N-methyl/N-ethyl adjacent to an activating group) is 1. The number of aromatic nitrogens is 3. The molecule has 25 heavy (non-hydrogen) atoms. The summed E-state index contributed by atoms with van der Waals surface area (Å²) in [6.07, 6.45) is 5.69. The Balaban J connectivity index is 1.65. The SMILES string of the molecule is Cc1cc(CN(C)c2nc(CC3CC3)nc3c2CCN(C)CC3)no1. The second-order valence-corrected chi connectivity index (χ2v) is 7.62. The maximum absolute atomic E-state index is 5.22. The predicted molar refractivity (Wildman–Crippen MR) is 96.7 cm³/mol. The largest absolute Gasteiger partial charge is 0.361 e. The summed E-state index contributed by atoms with van der Waals surface area (Å²) in [5.41, 5.74) is 3.50. The molecule has 0 saturated heterocycles. The predicted octanol–water partition coefficient (Wildman–Crippen LogP) is 2.39. The van der Waals surface area contributed by atoms with Crippen LogP contribution in [0.3, 0.4) is 0 Å². The van der Waals surface area contributed by atoms with Crippen LogP contribution in [0, 0.1) is 12.8 Å². The Morgan fingerprint density at radius 2 is 2.04 bits per heavy atom. The van der Waals surface area contributed by atoms with Gasteiger partial charge in [0.2, 0.25) is 0 Å². The minimum absolute atomic E-state index is 0.708. The highest BCUT2D eigenvalue weighted by Crippen LogP contribution is 2.33. The van der Waals surface area contributed by atoms with Gasteiger partial charge in [0, 0.05) is 44.6 Å². The van der Waals surface area contributed by atoms with Crippen LogP contribution >= 0.6 is 0 Å². The van der Waals surface area contributed by atoms with Crippen molar-refractivity contribution in [2.45, 2.75) is 45.6 Å². The van der Waals surface area contributed by atoms with Crippen LogP contribution in [-0.4, -0.2) is 47.2 Å². The maximum atomic E-state index is 5.22. The van der Waals surface area contributed by atoms with Crippen LogP contribution in [0.5, 0.6) is 0 Å². The molecule has 134 valence electrons. The summed E-state index contributed by atoms with van der Waals surface area (Å²) in [6.45, 7) is 4.76. The van der Waals surface area contributed by atoms with Gasteiger partial charge in [-0.05, 0) is 39.2 Å². The average molecular weight is 341 g/mol. The minimum Gasteiger partial charge on any atom is -0.361 e. The maximum Gasteiger partial charge on any atom is 0.135 e. The molecule has 4 rings (SSSR count). The average Bonchev–Trinajstić information content (AvgIpc) is 3.33. The highest BCUT2D eigenvalue weighted by Gasteiger charge is 2.26. The third kappa shape index (κ3) is 3.84. The monoisotopic (exact) mass is 341 g/mol. The van der Waals surface area contributed by atoms with E-state index < -0.39 is 0 Å². The van der Waals surface area contributed by atoms with Crippen molar-refractivity contribution in [3.63, 3.8) is 0 Å². The Morgan fingerprint density at radius 1 is 1.24 bits per heavy atom. The van der Waals surface area contributed by atoms with Crippen molar-refractivity contribution in [2.24, 2.45) is 5.92 Å².